The topological polar surface area (TPSA) is 29.9 Å². The van der Waals surface area contributed by atoms with Gasteiger partial charge >= 0.3 is 0 Å². The molecule has 1 N–H and O–H groups in total. The second-order valence-corrected chi connectivity index (χ2v) is 4.51. The lowest BCUT2D eigenvalue weighted by Gasteiger charge is -2.06. The fourth-order valence-corrected chi connectivity index (χ4v) is 1.99. The standard InChI is InChI=1S/C13H15ClFN3/c14-12-7-11(8-13(15)9-12)10-16-3-1-5-18-6-2-4-17-18/h2,4,6-9,16H,1,3,5,10H2. The average Bonchev–Trinajstić information content (AvgIpc) is 2.80. The minimum atomic E-state index is -0.296. The highest BCUT2D eigenvalue weighted by atomic mass is 35.5. The maximum absolute atomic E-state index is 13.1. The Morgan fingerprint density at radius 1 is 1.33 bits per heavy atom. The van der Waals surface area contributed by atoms with E-state index in [1.165, 1.54) is 12.1 Å². The summed E-state index contributed by atoms with van der Waals surface area (Å²) in [5.74, 6) is -0.296. The normalized spacial score (nSPS) is 10.8. The van der Waals surface area contributed by atoms with Gasteiger partial charge in [-0.2, -0.15) is 5.10 Å². The SMILES string of the molecule is Fc1cc(Cl)cc(CNCCCn2cccn2)c1. The predicted molar refractivity (Wildman–Crippen MR) is 70.0 cm³/mol. The Morgan fingerprint density at radius 2 is 2.22 bits per heavy atom. The third-order valence-corrected chi connectivity index (χ3v) is 2.77. The van der Waals surface area contributed by atoms with Crippen LogP contribution in [-0.2, 0) is 13.1 Å². The van der Waals surface area contributed by atoms with Crippen LogP contribution in [0.3, 0.4) is 0 Å². The zero-order valence-corrected chi connectivity index (χ0v) is 10.7. The highest BCUT2D eigenvalue weighted by molar-refractivity contribution is 6.30. The van der Waals surface area contributed by atoms with Crippen molar-refractivity contribution < 1.29 is 4.39 Å². The van der Waals surface area contributed by atoms with Crippen molar-refractivity contribution in [3.8, 4) is 0 Å². The Labute approximate surface area is 111 Å². The zero-order valence-electron chi connectivity index (χ0n) is 9.94. The van der Waals surface area contributed by atoms with E-state index in [9.17, 15) is 4.39 Å². The van der Waals surface area contributed by atoms with Gasteiger partial charge in [0.25, 0.3) is 0 Å². The number of hydrogen-bond donors (Lipinski definition) is 1. The van der Waals surface area contributed by atoms with E-state index >= 15 is 0 Å². The Hall–Kier alpha value is -1.39. The van der Waals surface area contributed by atoms with Crippen LogP contribution in [0.25, 0.3) is 0 Å². The van der Waals surface area contributed by atoms with Crippen molar-refractivity contribution in [1.82, 2.24) is 15.1 Å². The van der Waals surface area contributed by atoms with E-state index < -0.39 is 0 Å². The van der Waals surface area contributed by atoms with E-state index in [0.29, 0.717) is 11.6 Å². The van der Waals surface area contributed by atoms with Gasteiger partial charge in [0, 0.05) is 30.5 Å². The summed E-state index contributed by atoms with van der Waals surface area (Å²) in [6.45, 7) is 2.36. The fourth-order valence-electron chi connectivity index (χ4n) is 1.74. The van der Waals surface area contributed by atoms with Gasteiger partial charge in [-0.15, -0.1) is 0 Å². The fraction of sp³-hybridized carbons (Fsp3) is 0.308. The number of aromatic nitrogens is 2. The molecular formula is C13H15ClFN3. The van der Waals surface area contributed by atoms with Crippen LogP contribution in [0.4, 0.5) is 4.39 Å². The molecule has 1 aromatic carbocycles. The van der Waals surface area contributed by atoms with Gasteiger partial charge in [0.15, 0.2) is 0 Å². The number of hydrogen-bond acceptors (Lipinski definition) is 2. The molecule has 1 aromatic heterocycles. The van der Waals surface area contributed by atoms with Crippen molar-refractivity contribution in [1.29, 1.82) is 0 Å². The van der Waals surface area contributed by atoms with E-state index in [2.05, 4.69) is 10.4 Å². The number of benzene rings is 1. The molecule has 0 radical (unpaired) electrons. The van der Waals surface area contributed by atoms with Crippen LogP contribution in [0.15, 0.2) is 36.7 Å². The summed E-state index contributed by atoms with van der Waals surface area (Å²) >= 11 is 5.78. The molecule has 0 amide bonds. The van der Waals surface area contributed by atoms with Gasteiger partial charge in [0.1, 0.15) is 5.82 Å². The molecule has 18 heavy (non-hydrogen) atoms. The summed E-state index contributed by atoms with van der Waals surface area (Å²) < 4.78 is 15.0. The molecule has 0 atom stereocenters. The number of halogens is 2. The Balaban J connectivity index is 1.68. The Morgan fingerprint density at radius 3 is 2.94 bits per heavy atom. The van der Waals surface area contributed by atoms with Gasteiger partial charge in [0.05, 0.1) is 0 Å². The third-order valence-electron chi connectivity index (χ3n) is 2.55. The van der Waals surface area contributed by atoms with Crippen LogP contribution in [0, 0.1) is 5.82 Å². The minimum Gasteiger partial charge on any atom is -0.313 e. The minimum absolute atomic E-state index is 0.296. The molecule has 0 saturated heterocycles. The van der Waals surface area contributed by atoms with Crippen LogP contribution in [0.5, 0.6) is 0 Å². The van der Waals surface area contributed by atoms with Gasteiger partial charge in [-0.05, 0) is 42.8 Å². The molecule has 0 unspecified atom stereocenters. The van der Waals surface area contributed by atoms with E-state index in [0.717, 1.165) is 25.1 Å². The third kappa shape index (κ3) is 4.13. The van der Waals surface area contributed by atoms with Crippen LogP contribution in [-0.4, -0.2) is 16.3 Å². The lowest BCUT2D eigenvalue weighted by atomic mass is 10.2. The molecule has 3 nitrogen and oxygen atoms in total. The van der Waals surface area contributed by atoms with Crippen molar-refractivity contribution in [3.05, 3.63) is 53.1 Å². The van der Waals surface area contributed by atoms with Crippen LogP contribution >= 0.6 is 11.6 Å². The number of aryl methyl sites for hydroxylation is 1. The summed E-state index contributed by atoms with van der Waals surface area (Å²) in [6, 6.07) is 6.47. The summed E-state index contributed by atoms with van der Waals surface area (Å²) in [5.41, 5.74) is 0.860. The highest BCUT2D eigenvalue weighted by Crippen LogP contribution is 2.13. The van der Waals surface area contributed by atoms with Crippen LogP contribution in [0.2, 0.25) is 5.02 Å². The van der Waals surface area contributed by atoms with Gasteiger partial charge < -0.3 is 5.32 Å². The van der Waals surface area contributed by atoms with Gasteiger partial charge in [-0.1, -0.05) is 11.6 Å². The smallest absolute Gasteiger partial charge is 0.125 e. The van der Waals surface area contributed by atoms with Crippen molar-refractivity contribution in [2.45, 2.75) is 19.5 Å². The molecular weight excluding hydrogens is 253 g/mol. The molecule has 0 aliphatic rings. The number of nitrogens with one attached hydrogen (secondary N) is 1. The van der Waals surface area contributed by atoms with Crippen molar-refractivity contribution in [3.63, 3.8) is 0 Å². The monoisotopic (exact) mass is 267 g/mol. The van der Waals surface area contributed by atoms with Gasteiger partial charge in [0.2, 0.25) is 0 Å². The molecule has 0 aliphatic heterocycles. The molecule has 0 aliphatic carbocycles. The summed E-state index contributed by atoms with van der Waals surface area (Å²) in [4.78, 5) is 0. The maximum Gasteiger partial charge on any atom is 0.125 e. The van der Waals surface area contributed by atoms with E-state index in [-0.39, 0.29) is 5.82 Å². The molecule has 2 aromatic rings. The van der Waals surface area contributed by atoms with Crippen molar-refractivity contribution in [2.24, 2.45) is 0 Å². The summed E-state index contributed by atoms with van der Waals surface area (Å²) in [7, 11) is 0. The number of rotatable bonds is 6. The molecule has 5 heteroatoms. The molecule has 1 heterocycles. The first-order chi connectivity index (χ1) is 8.74. The van der Waals surface area contributed by atoms with Gasteiger partial charge in [-0.3, -0.25) is 4.68 Å². The highest BCUT2D eigenvalue weighted by Gasteiger charge is 1.99. The second-order valence-electron chi connectivity index (χ2n) is 4.08. The zero-order chi connectivity index (χ0) is 12.8. The lowest BCUT2D eigenvalue weighted by molar-refractivity contribution is 0.542. The first kappa shape index (κ1) is 13.1. The Bertz CT molecular complexity index is 465. The molecule has 0 saturated carbocycles. The van der Waals surface area contributed by atoms with Gasteiger partial charge in [-0.25, -0.2) is 4.39 Å². The van der Waals surface area contributed by atoms with E-state index in [1.807, 2.05) is 16.9 Å². The molecule has 2 rings (SSSR count). The predicted octanol–water partition coefficient (Wildman–Crippen LogP) is 2.86. The van der Waals surface area contributed by atoms with E-state index in [4.69, 9.17) is 11.6 Å². The molecule has 0 bridgehead atoms. The molecule has 0 fully saturated rings. The van der Waals surface area contributed by atoms with Crippen molar-refractivity contribution in [2.75, 3.05) is 6.54 Å². The molecule has 0 spiro atoms. The molecule has 96 valence electrons. The summed E-state index contributed by atoms with van der Waals surface area (Å²) in [6.07, 6.45) is 4.68. The Kier molecular flexibility index (Phi) is 4.73. The first-order valence-corrected chi connectivity index (χ1v) is 6.25. The summed E-state index contributed by atoms with van der Waals surface area (Å²) in [5, 5.41) is 7.80. The van der Waals surface area contributed by atoms with Crippen LogP contribution in [0.1, 0.15) is 12.0 Å². The van der Waals surface area contributed by atoms with Crippen molar-refractivity contribution >= 4 is 11.6 Å². The quantitative estimate of drug-likeness (QED) is 0.816. The first-order valence-electron chi connectivity index (χ1n) is 5.87. The van der Waals surface area contributed by atoms with Crippen LogP contribution < -0.4 is 5.32 Å². The largest absolute Gasteiger partial charge is 0.313 e. The average molecular weight is 268 g/mol. The van der Waals surface area contributed by atoms with E-state index in [1.54, 1.807) is 12.3 Å². The lowest BCUT2D eigenvalue weighted by Crippen LogP contribution is -2.16. The maximum atomic E-state index is 13.1. The number of nitrogens with zero attached hydrogens (tertiary/aromatic N) is 2. The second kappa shape index (κ2) is 6.52.